The molecule has 0 aliphatic heterocycles. The van der Waals surface area contributed by atoms with E-state index >= 15 is 0 Å². The Kier molecular flexibility index (Phi) is 6.83. The van der Waals surface area contributed by atoms with E-state index in [1.54, 1.807) is 23.3 Å². The number of nitrogens with zero attached hydrogens (tertiary/aromatic N) is 4. The molecule has 9 heteroatoms. The zero-order chi connectivity index (χ0) is 22.6. The summed E-state index contributed by atoms with van der Waals surface area (Å²) < 4.78 is 6.58. The molecule has 2 aromatic heterocycles. The lowest BCUT2D eigenvalue weighted by Gasteiger charge is -2.30. The van der Waals surface area contributed by atoms with Crippen LogP contribution in [-0.4, -0.2) is 38.9 Å². The van der Waals surface area contributed by atoms with Crippen LogP contribution >= 0.6 is 11.3 Å². The van der Waals surface area contributed by atoms with Gasteiger partial charge in [-0.2, -0.15) is 4.98 Å². The molecule has 0 atom stereocenters. The number of carbonyl (C=O) groups excluding carboxylic acids is 2. The SMILES string of the molecule is CC(=O)NC1(c2noc(CCC(=O)N(C)Cc3nc4ccccc4s3)n2)CCCCCC1. The van der Waals surface area contributed by atoms with Gasteiger partial charge in [-0.25, -0.2) is 4.98 Å². The molecule has 32 heavy (non-hydrogen) atoms. The molecular weight excluding hydrogens is 426 g/mol. The zero-order valence-corrected chi connectivity index (χ0v) is 19.4. The molecule has 1 aliphatic rings. The second-order valence-electron chi connectivity index (χ2n) is 8.51. The molecular formula is C23H29N5O3S. The minimum absolute atomic E-state index is 0.00459. The molecule has 0 saturated heterocycles. The Labute approximate surface area is 191 Å². The zero-order valence-electron chi connectivity index (χ0n) is 18.6. The van der Waals surface area contributed by atoms with E-state index in [1.165, 1.54) is 6.92 Å². The highest BCUT2D eigenvalue weighted by Gasteiger charge is 2.38. The summed E-state index contributed by atoms with van der Waals surface area (Å²) in [5, 5.41) is 8.18. The highest BCUT2D eigenvalue weighted by atomic mass is 32.1. The predicted molar refractivity (Wildman–Crippen MR) is 122 cm³/mol. The number of hydrogen-bond acceptors (Lipinski definition) is 7. The van der Waals surface area contributed by atoms with Crippen molar-refractivity contribution < 1.29 is 14.1 Å². The maximum absolute atomic E-state index is 12.7. The Balaban J connectivity index is 1.37. The van der Waals surface area contributed by atoms with E-state index in [4.69, 9.17) is 4.52 Å². The van der Waals surface area contributed by atoms with Crippen LogP contribution in [0.2, 0.25) is 0 Å². The number of aromatic nitrogens is 3. The number of thiazole rings is 1. The van der Waals surface area contributed by atoms with Crippen LogP contribution in [-0.2, 0) is 28.1 Å². The maximum Gasteiger partial charge on any atom is 0.227 e. The molecule has 4 rings (SSSR count). The second kappa shape index (κ2) is 9.77. The van der Waals surface area contributed by atoms with Crippen LogP contribution in [0.1, 0.15) is 68.6 Å². The topological polar surface area (TPSA) is 101 Å². The summed E-state index contributed by atoms with van der Waals surface area (Å²) in [4.78, 5) is 35.4. The van der Waals surface area contributed by atoms with Gasteiger partial charge in [0.15, 0.2) is 5.82 Å². The molecule has 0 bridgehead atoms. The Hall–Kier alpha value is -2.81. The average Bonchev–Trinajstić information content (AvgIpc) is 3.34. The molecule has 0 unspecified atom stereocenters. The molecule has 170 valence electrons. The van der Waals surface area contributed by atoms with E-state index in [0.29, 0.717) is 24.7 Å². The fraction of sp³-hybridized carbons (Fsp3) is 0.522. The molecule has 1 saturated carbocycles. The third kappa shape index (κ3) is 5.15. The lowest BCUT2D eigenvalue weighted by Crippen LogP contribution is -2.45. The smallest absolute Gasteiger partial charge is 0.227 e. The number of para-hydroxylation sites is 1. The normalized spacial score (nSPS) is 15.9. The third-order valence-electron chi connectivity index (χ3n) is 5.96. The Bertz CT molecular complexity index is 1050. The van der Waals surface area contributed by atoms with E-state index in [9.17, 15) is 9.59 Å². The number of carbonyl (C=O) groups is 2. The van der Waals surface area contributed by atoms with Crippen molar-refractivity contribution in [2.45, 2.75) is 70.4 Å². The molecule has 1 aromatic carbocycles. The van der Waals surface area contributed by atoms with Crippen molar-refractivity contribution in [3.63, 3.8) is 0 Å². The van der Waals surface area contributed by atoms with E-state index in [2.05, 4.69) is 20.4 Å². The second-order valence-corrected chi connectivity index (χ2v) is 9.63. The van der Waals surface area contributed by atoms with Gasteiger partial charge in [0.25, 0.3) is 0 Å². The van der Waals surface area contributed by atoms with E-state index < -0.39 is 5.54 Å². The fourth-order valence-electron chi connectivity index (χ4n) is 4.31. The fourth-order valence-corrected chi connectivity index (χ4v) is 5.33. The van der Waals surface area contributed by atoms with Gasteiger partial charge in [0.05, 0.1) is 16.8 Å². The molecule has 1 aliphatic carbocycles. The minimum Gasteiger partial charge on any atom is -0.343 e. The van der Waals surface area contributed by atoms with Crippen LogP contribution in [0.5, 0.6) is 0 Å². The highest BCUT2D eigenvalue weighted by Crippen LogP contribution is 2.34. The molecule has 2 amide bonds. The van der Waals surface area contributed by atoms with E-state index in [1.807, 2.05) is 24.3 Å². The van der Waals surface area contributed by atoms with Crippen molar-refractivity contribution in [1.82, 2.24) is 25.3 Å². The molecule has 0 radical (unpaired) electrons. The summed E-state index contributed by atoms with van der Waals surface area (Å²) in [6, 6.07) is 7.97. The number of aryl methyl sites for hydroxylation is 1. The Morgan fingerprint density at radius 3 is 2.62 bits per heavy atom. The monoisotopic (exact) mass is 455 g/mol. The molecule has 2 heterocycles. The first-order valence-electron chi connectivity index (χ1n) is 11.2. The van der Waals surface area contributed by atoms with E-state index in [0.717, 1.165) is 53.7 Å². The van der Waals surface area contributed by atoms with Crippen LogP contribution in [0.15, 0.2) is 28.8 Å². The maximum atomic E-state index is 12.7. The molecule has 8 nitrogen and oxygen atoms in total. The minimum atomic E-state index is -0.572. The van der Waals surface area contributed by atoms with Gasteiger partial charge in [0, 0.05) is 26.8 Å². The van der Waals surface area contributed by atoms with Gasteiger partial charge in [-0.3, -0.25) is 9.59 Å². The lowest BCUT2D eigenvalue weighted by molar-refractivity contribution is -0.130. The summed E-state index contributed by atoms with van der Waals surface area (Å²) >= 11 is 1.60. The van der Waals surface area contributed by atoms with Crippen molar-refractivity contribution >= 4 is 33.4 Å². The van der Waals surface area contributed by atoms with Crippen molar-refractivity contribution in [3.8, 4) is 0 Å². The summed E-state index contributed by atoms with van der Waals surface area (Å²) in [6.07, 6.45) is 6.55. The van der Waals surface area contributed by atoms with Gasteiger partial charge >= 0.3 is 0 Å². The first-order chi connectivity index (χ1) is 15.4. The first-order valence-corrected chi connectivity index (χ1v) is 12.0. The summed E-state index contributed by atoms with van der Waals surface area (Å²) in [7, 11) is 1.78. The number of hydrogen-bond donors (Lipinski definition) is 1. The van der Waals surface area contributed by atoms with Gasteiger partial charge < -0.3 is 14.7 Å². The lowest BCUT2D eigenvalue weighted by atomic mass is 9.89. The van der Waals surface area contributed by atoms with Crippen LogP contribution < -0.4 is 5.32 Å². The van der Waals surface area contributed by atoms with Crippen molar-refractivity contribution in [1.29, 1.82) is 0 Å². The largest absolute Gasteiger partial charge is 0.343 e. The summed E-state index contributed by atoms with van der Waals surface area (Å²) in [5.41, 5.74) is 0.385. The van der Waals surface area contributed by atoms with Crippen LogP contribution in [0.4, 0.5) is 0 Å². The molecule has 0 spiro atoms. The Morgan fingerprint density at radius 1 is 1.16 bits per heavy atom. The number of rotatable bonds is 7. The summed E-state index contributed by atoms with van der Waals surface area (Å²) in [6.45, 7) is 1.99. The first kappa shape index (κ1) is 22.4. The van der Waals surface area contributed by atoms with E-state index in [-0.39, 0.29) is 18.2 Å². The van der Waals surface area contributed by atoms with Crippen LogP contribution in [0, 0.1) is 0 Å². The molecule has 3 aromatic rings. The van der Waals surface area contributed by atoms with Crippen molar-refractivity contribution in [2.75, 3.05) is 7.05 Å². The van der Waals surface area contributed by atoms with Gasteiger partial charge in [0.2, 0.25) is 17.7 Å². The quantitative estimate of drug-likeness (QED) is 0.541. The van der Waals surface area contributed by atoms with Crippen molar-refractivity contribution in [2.24, 2.45) is 0 Å². The average molecular weight is 456 g/mol. The highest BCUT2D eigenvalue weighted by molar-refractivity contribution is 7.18. The van der Waals surface area contributed by atoms with Gasteiger partial charge in [-0.05, 0) is 25.0 Å². The third-order valence-corrected chi connectivity index (χ3v) is 6.98. The van der Waals surface area contributed by atoms with Crippen LogP contribution in [0.25, 0.3) is 10.2 Å². The Morgan fingerprint density at radius 2 is 1.91 bits per heavy atom. The number of nitrogens with one attached hydrogen (secondary N) is 1. The van der Waals surface area contributed by atoms with Crippen LogP contribution in [0.3, 0.4) is 0 Å². The number of benzene rings is 1. The number of fused-ring (bicyclic) bond motifs is 1. The summed E-state index contributed by atoms with van der Waals surface area (Å²) in [5.74, 6) is 0.857. The molecule has 1 N–H and O–H groups in total. The van der Waals surface area contributed by atoms with Gasteiger partial charge in [0.1, 0.15) is 10.5 Å². The molecule has 1 fully saturated rings. The van der Waals surface area contributed by atoms with Crippen molar-refractivity contribution in [3.05, 3.63) is 41.0 Å². The number of amides is 2. The standard InChI is InChI=1S/C23H29N5O3S/c1-16(29)26-23(13-7-3-4-8-14-23)22-25-19(31-27-22)11-12-21(30)28(2)15-20-24-17-9-5-6-10-18(17)32-20/h5-6,9-10H,3-4,7-8,11-15H2,1-2H3,(H,26,29). The van der Waals surface area contributed by atoms with Gasteiger partial charge in [-0.15, -0.1) is 11.3 Å². The van der Waals surface area contributed by atoms with Gasteiger partial charge in [-0.1, -0.05) is 43.0 Å². The predicted octanol–water partition coefficient (Wildman–Crippen LogP) is 3.96.